The van der Waals surface area contributed by atoms with Crippen molar-refractivity contribution in [2.75, 3.05) is 26.2 Å². The monoisotopic (exact) mass is 505 g/mol. The number of halogens is 1. The van der Waals surface area contributed by atoms with Gasteiger partial charge in [0.05, 0.1) is 12.2 Å². The number of aryl methyl sites for hydroxylation is 2. The second-order valence-corrected chi connectivity index (χ2v) is 7.45. The topological polar surface area (TPSA) is 65.7 Å². The Labute approximate surface area is 188 Å². The van der Waals surface area contributed by atoms with Gasteiger partial charge in [0.2, 0.25) is 0 Å². The average Bonchev–Trinajstić information content (AvgIpc) is 3.09. The highest BCUT2D eigenvalue weighted by Crippen LogP contribution is 2.17. The van der Waals surface area contributed by atoms with Gasteiger partial charge in [-0.2, -0.15) is 0 Å². The summed E-state index contributed by atoms with van der Waals surface area (Å²) in [6.45, 7) is 13.6. The molecule has 2 rings (SSSR count). The van der Waals surface area contributed by atoms with E-state index in [1.807, 2.05) is 0 Å². The van der Waals surface area contributed by atoms with Crippen molar-refractivity contribution in [1.29, 1.82) is 0 Å². The van der Waals surface area contributed by atoms with Crippen LogP contribution in [0.1, 0.15) is 76.8 Å². The molecule has 0 saturated carbocycles. The quantitative estimate of drug-likeness (QED) is 0.217. The van der Waals surface area contributed by atoms with Crippen LogP contribution in [0.2, 0.25) is 0 Å². The number of hydrogen-bond acceptors (Lipinski definition) is 4. The Balaban J connectivity index is 0.00000392. The van der Waals surface area contributed by atoms with Crippen LogP contribution in [0.25, 0.3) is 0 Å². The molecule has 0 spiro atoms. The van der Waals surface area contributed by atoms with Crippen molar-refractivity contribution in [3.8, 4) is 0 Å². The summed E-state index contributed by atoms with van der Waals surface area (Å²) < 4.78 is 5.44. The maximum atomic E-state index is 5.44. The van der Waals surface area contributed by atoms with Crippen LogP contribution in [0.15, 0.2) is 9.52 Å². The Kier molecular flexibility index (Phi) is 12.8. The minimum atomic E-state index is 0. The van der Waals surface area contributed by atoms with E-state index in [4.69, 9.17) is 9.52 Å². The van der Waals surface area contributed by atoms with Crippen LogP contribution in [0, 0.1) is 0 Å². The first kappa shape index (κ1) is 25.2. The normalized spacial score (nSPS) is 18.0. The summed E-state index contributed by atoms with van der Waals surface area (Å²) in [6, 6.07) is 0.759. The summed E-state index contributed by atoms with van der Waals surface area (Å²) in [5.74, 6) is 1.84. The van der Waals surface area contributed by atoms with Crippen LogP contribution in [0.3, 0.4) is 0 Å². The molecule has 2 heterocycles. The summed E-state index contributed by atoms with van der Waals surface area (Å²) in [4.78, 5) is 7.40. The molecular weight excluding hydrogens is 465 g/mol. The summed E-state index contributed by atoms with van der Waals surface area (Å²) in [7, 11) is 0. The van der Waals surface area contributed by atoms with Crippen LogP contribution < -0.4 is 10.6 Å². The van der Waals surface area contributed by atoms with Crippen molar-refractivity contribution in [3.63, 3.8) is 0 Å². The van der Waals surface area contributed by atoms with Crippen LogP contribution in [0.4, 0.5) is 0 Å². The van der Waals surface area contributed by atoms with Crippen molar-refractivity contribution >= 4 is 29.9 Å². The molecule has 0 radical (unpaired) electrons. The van der Waals surface area contributed by atoms with Crippen molar-refractivity contribution in [2.45, 2.75) is 85.2 Å². The van der Waals surface area contributed by atoms with Crippen LogP contribution in [0.5, 0.6) is 0 Å². The number of likely N-dealkylation sites (tertiary alicyclic amines) is 1. The molecule has 1 fully saturated rings. The van der Waals surface area contributed by atoms with Crippen molar-refractivity contribution in [3.05, 3.63) is 17.0 Å². The first-order valence-electron chi connectivity index (χ1n) is 10.9. The number of piperidine rings is 1. The minimum Gasteiger partial charge on any atom is -0.361 e. The fraction of sp³-hybridized carbons (Fsp3) is 0.810. The van der Waals surface area contributed by atoms with E-state index in [1.54, 1.807) is 0 Å². The van der Waals surface area contributed by atoms with Crippen molar-refractivity contribution < 1.29 is 4.52 Å². The number of unbranched alkanes of at least 4 members (excludes halogenated alkanes) is 1. The van der Waals surface area contributed by atoms with E-state index in [0.29, 0.717) is 6.54 Å². The van der Waals surface area contributed by atoms with Gasteiger partial charge >= 0.3 is 0 Å². The van der Waals surface area contributed by atoms with Crippen LogP contribution >= 0.6 is 24.0 Å². The number of aliphatic imine (C=N–C) groups is 1. The maximum Gasteiger partial charge on any atom is 0.191 e. The fourth-order valence-corrected chi connectivity index (χ4v) is 3.75. The summed E-state index contributed by atoms with van der Waals surface area (Å²) in [5.41, 5.74) is 2.18. The van der Waals surface area contributed by atoms with Gasteiger partial charge in [0.25, 0.3) is 0 Å². The molecule has 0 aliphatic carbocycles. The predicted octanol–water partition coefficient (Wildman–Crippen LogP) is 4.13. The lowest BCUT2D eigenvalue weighted by Crippen LogP contribution is -2.39. The SMILES string of the molecule is CCNC(=NCc1c(CC)noc1CC)NCCCCN1CCCCC1C.I. The standard InChI is InChI=1S/C21H39N5O.HI/c1-5-19-18(20(6-2)27-25-19)16-24-21(22-7-3)23-13-9-11-15-26-14-10-8-12-17(26)4;/h17H,5-16H2,1-4H3,(H2,22,23,24);1H. The van der Waals surface area contributed by atoms with Gasteiger partial charge in [0, 0.05) is 31.1 Å². The fourth-order valence-electron chi connectivity index (χ4n) is 3.75. The molecule has 1 unspecified atom stereocenters. The molecule has 2 N–H and O–H groups in total. The Morgan fingerprint density at radius 2 is 2.00 bits per heavy atom. The number of nitrogens with one attached hydrogen (secondary N) is 2. The highest BCUT2D eigenvalue weighted by atomic mass is 127. The highest BCUT2D eigenvalue weighted by Gasteiger charge is 2.17. The zero-order valence-electron chi connectivity index (χ0n) is 18.2. The number of rotatable bonds is 10. The Bertz CT molecular complexity index is 554. The number of guanidine groups is 1. The van der Waals surface area contributed by atoms with Gasteiger partial charge in [-0.3, -0.25) is 0 Å². The van der Waals surface area contributed by atoms with E-state index < -0.39 is 0 Å². The lowest BCUT2D eigenvalue weighted by Gasteiger charge is -2.33. The molecule has 1 atom stereocenters. The van der Waals surface area contributed by atoms with E-state index in [9.17, 15) is 0 Å². The molecule has 1 aromatic rings. The van der Waals surface area contributed by atoms with Gasteiger partial charge in [0.1, 0.15) is 5.76 Å². The third-order valence-electron chi connectivity index (χ3n) is 5.45. The van der Waals surface area contributed by atoms with E-state index in [2.05, 4.69) is 48.4 Å². The first-order chi connectivity index (χ1) is 13.2. The zero-order chi connectivity index (χ0) is 19.5. The van der Waals surface area contributed by atoms with Crippen LogP contribution in [-0.4, -0.2) is 48.2 Å². The van der Waals surface area contributed by atoms with Gasteiger partial charge in [-0.25, -0.2) is 4.99 Å². The van der Waals surface area contributed by atoms with Gasteiger partial charge in [-0.1, -0.05) is 25.4 Å². The van der Waals surface area contributed by atoms with E-state index in [-0.39, 0.29) is 24.0 Å². The lowest BCUT2D eigenvalue weighted by atomic mass is 10.0. The smallest absolute Gasteiger partial charge is 0.191 e. The molecule has 1 aliphatic heterocycles. The molecule has 28 heavy (non-hydrogen) atoms. The molecule has 1 aromatic heterocycles. The first-order valence-corrected chi connectivity index (χ1v) is 10.9. The summed E-state index contributed by atoms with van der Waals surface area (Å²) >= 11 is 0. The van der Waals surface area contributed by atoms with Gasteiger partial charge in [-0.05, 0) is 59.0 Å². The molecule has 0 amide bonds. The molecule has 0 bridgehead atoms. The largest absolute Gasteiger partial charge is 0.361 e. The lowest BCUT2D eigenvalue weighted by molar-refractivity contribution is 0.158. The third-order valence-corrected chi connectivity index (χ3v) is 5.45. The average molecular weight is 505 g/mol. The van der Waals surface area contributed by atoms with Gasteiger partial charge < -0.3 is 20.1 Å². The molecular formula is C21H40IN5O. The van der Waals surface area contributed by atoms with E-state index in [1.165, 1.54) is 45.2 Å². The summed E-state index contributed by atoms with van der Waals surface area (Å²) in [6.07, 6.45) is 8.26. The second kappa shape index (κ2) is 14.2. The molecule has 162 valence electrons. The maximum absolute atomic E-state index is 5.44. The zero-order valence-corrected chi connectivity index (χ0v) is 20.6. The molecule has 7 heteroatoms. The number of nitrogens with zero attached hydrogens (tertiary/aromatic N) is 3. The molecule has 6 nitrogen and oxygen atoms in total. The summed E-state index contributed by atoms with van der Waals surface area (Å²) in [5, 5.41) is 11.0. The highest BCUT2D eigenvalue weighted by molar-refractivity contribution is 14.0. The molecule has 1 aliphatic rings. The number of aromatic nitrogens is 1. The Morgan fingerprint density at radius 3 is 2.68 bits per heavy atom. The second-order valence-electron chi connectivity index (χ2n) is 7.45. The van der Waals surface area contributed by atoms with Crippen molar-refractivity contribution in [2.24, 2.45) is 4.99 Å². The third kappa shape index (κ3) is 7.89. The Hall–Kier alpha value is -0.830. The van der Waals surface area contributed by atoms with E-state index in [0.717, 1.165) is 55.0 Å². The Morgan fingerprint density at radius 1 is 1.18 bits per heavy atom. The van der Waals surface area contributed by atoms with Gasteiger partial charge in [-0.15, -0.1) is 24.0 Å². The number of hydrogen-bond donors (Lipinski definition) is 2. The van der Waals surface area contributed by atoms with Crippen molar-refractivity contribution in [1.82, 2.24) is 20.7 Å². The van der Waals surface area contributed by atoms with E-state index >= 15 is 0 Å². The van der Waals surface area contributed by atoms with Gasteiger partial charge in [0.15, 0.2) is 5.96 Å². The molecule has 1 saturated heterocycles. The predicted molar refractivity (Wildman–Crippen MR) is 128 cm³/mol. The molecule has 0 aromatic carbocycles. The minimum absolute atomic E-state index is 0. The van der Waals surface area contributed by atoms with Crippen LogP contribution in [-0.2, 0) is 19.4 Å².